The number of methoxy groups -OCH3 is 2. The summed E-state index contributed by atoms with van der Waals surface area (Å²) in [6.07, 6.45) is 3.59. The minimum Gasteiger partial charge on any atom is -0.481 e. The van der Waals surface area contributed by atoms with E-state index in [4.69, 9.17) is 14.2 Å². The molecule has 5 heteroatoms. The first-order valence-corrected chi connectivity index (χ1v) is 7.56. The topological polar surface area (TPSA) is 52.6 Å². The second-order valence-electron chi connectivity index (χ2n) is 5.57. The molecule has 1 saturated heterocycles. The van der Waals surface area contributed by atoms with Crippen LogP contribution in [0.25, 0.3) is 10.8 Å². The molecule has 1 aromatic carbocycles. The van der Waals surface area contributed by atoms with Crippen molar-refractivity contribution in [3.63, 3.8) is 0 Å². The van der Waals surface area contributed by atoms with E-state index in [-0.39, 0.29) is 5.60 Å². The van der Waals surface area contributed by atoms with Crippen LogP contribution in [-0.2, 0) is 9.47 Å². The molecule has 0 radical (unpaired) electrons. The fourth-order valence-corrected chi connectivity index (χ4v) is 2.95. The molecule has 1 aromatic heterocycles. The van der Waals surface area contributed by atoms with Crippen molar-refractivity contribution in [2.45, 2.75) is 18.4 Å². The summed E-state index contributed by atoms with van der Waals surface area (Å²) in [5.41, 5.74) is 0.915. The smallest absolute Gasteiger partial charge is 0.221 e. The summed E-state index contributed by atoms with van der Waals surface area (Å²) in [5, 5.41) is 5.65. The average molecular weight is 302 g/mol. The van der Waals surface area contributed by atoms with Gasteiger partial charge in [0.2, 0.25) is 5.88 Å². The molecule has 2 heterocycles. The summed E-state index contributed by atoms with van der Waals surface area (Å²) in [4.78, 5) is 4.26. The van der Waals surface area contributed by atoms with Crippen LogP contribution >= 0.6 is 0 Å². The first-order valence-electron chi connectivity index (χ1n) is 7.56. The molecule has 2 aromatic rings. The quantitative estimate of drug-likeness (QED) is 0.920. The molecular weight excluding hydrogens is 280 g/mol. The van der Waals surface area contributed by atoms with Gasteiger partial charge in [-0.1, -0.05) is 6.07 Å². The first-order chi connectivity index (χ1) is 10.8. The molecule has 1 aliphatic heterocycles. The SMILES string of the molecule is COc1nccc2c(NCC3(OC)CCOCC3)cccc12. The van der Waals surface area contributed by atoms with E-state index in [2.05, 4.69) is 16.4 Å². The third-order valence-corrected chi connectivity index (χ3v) is 4.40. The number of fused-ring (bicyclic) bond motifs is 1. The Hall–Kier alpha value is -1.85. The lowest BCUT2D eigenvalue weighted by molar-refractivity contribution is -0.0807. The molecule has 0 amide bonds. The van der Waals surface area contributed by atoms with Crippen LogP contribution < -0.4 is 10.1 Å². The second kappa shape index (κ2) is 6.50. The number of aromatic nitrogens is 1. The van der Waals surface area contributed by atoms with Crippen LogP contribution in [0.5, 0.6) is 5.88 Å². The van der Waals surface area contributed by atoms with Gasteiger partial charge in [0.15, 0.2) is 0 Å². The maximum Gasteiger partial charge on any atom is 0.221 e. The summed E-state index contributed by atoms with van der Waals surface area (Å²) in [5.74, 6) is 0.647. The van der Waals surface area contributed by atoms with Crippen LogP contribution in [-0.4, -0.2) is 44.6 Å². The highest BCUT2D eigenvalue weighted by atomic mass is 16.5. The maximum absolute atomic E-state index is 5.78. The van der Waals surface area contributed by atoms with Gasteiger partial charge in [0, 0.05) is 62.4 Å². The lowest BCUT2D eigenvalue weighted by Gasteiger charge is -2.36. The first kappa shape index (κ1) is 15.1. The Morgan fingerprint density at radius 2 is 2.00 bits per heavy atom. The van der Waals surface area contributed by atoms with Crippen molar-refractivity contribution in [1.29, 1.82) is 0 Å². The molecule has 1 N–H and O–H groups in total. The summed E-state index contributed by atoms with van der Waals surface area (Å²) >= 11 is 0. The van der Waals surface area contributed by atoms with E-state index in [1.807, 2.05) is 18.2 Å². The van der Waals surface area contributed by atoms with Crippen molar-refractivity contribution < 1.29 is 14.2 Å². The van der Waals surface area contributed by atoms with E-state index >= 15 is 0 Å². The third kappa shape index (κ3) is 2.87. The van der Waals surface area contributed by atoms with Crippen molar-refractivity contribution in [3.05, 3.63) is 30.5 Å². The minimum atomic E-state index is -0.155. The van der Waals surface area contributed by atoms with Crippen LogP contribution in [0.15, 0.2) is 30.5 Å². The predicted molar refractivity (Wildman–Crippen MR) is 86.6 cm³/mol. The third-order valence-electron chi connectivity index (χ3n) is 4.40. The van der Waals surface area contributed by atoms with Gasteiger partial charge < -0.3 is 19.5 Å². The normalized spacial score (nSPS) is 17.4. The molecule has 0 atom stereocenters. The Morgan fingerprint density at radius 3 is 2.73 bits per heavy atom. The lowest BCUT2D eigenvalue weighted by Crippen LogP contribution is -2.44. The standard InChI is InChI=1S/C17H22N2O3/c1-20-16-14-4-3-5-15(13(14)6-9-18-16)19-12-17(21-2)7-10-22-11-8-17/h3-6,9,19H,7-8,10-12H2,1-2H3. The molecule has 0 saturated carbocycles. The van der Waals surface area contributed by atoms with Crippen molar-refractivity contribution >= 4 is 16.5 Å². The number of anilines is 1. The van der Waals surface area contributed by atoms with Crippen LogP contribution in [0.2, 0.25) is 0 Å². The van der Waals surface area contributed by atoms with Crippen LogP contribution in [0.4, 0.5) is 5.69 Å². The summed E-state index contributed by atoms with van der Waals surface area (Å²) < 4.78 is 16.6. The fraction of sp³-hybridized carbons (Fsp3) is 0.471. The number of rotatable bonds is 5. The zero-order valence-electron chi connectivity index (χ0n) is 13.1. The summed E-state index contributed by atoms with van der Waals surface area (Å²) in [6.45, 7) is 2.27. The Labute approximate surface area is 130 Å². The van der Waals surface area contributed by atoms with E-state index < -0.39 is 0 Å². The summed E-state index contributed by atoms with van der Waals surface area (Å²) in [6, 6.07) is 8.11. The lowest BCUT2D eigenvalue weighted by atomic mass is 9.93. The van der Waals surface area contributed by atoms with Gasteiger partial charge in [-0.05, 0) is 18.2 Å². The number of benzene rings is 1. The van der Waals surface area contributed by atoms with Crippen LogP contribution in [0.1, 0.15) is 12.8 Å². The molecule has 22 heavy (non-hydrogen) atoms. The molecular formula is C17H22N2O3. The zero-order chi connectivity index (χ0) is 15.4. The number of hydrogen-bond donors (Lipinski definition) is 1. The predicted octanol–water partition coefficient (Wildman–Crippen LogP) is 2.85. The summed E-state index contributed by atoms with van der Waals surface area (Å²) in [7, 11) is 3.42. The van der Waals surface area contributed by atoms with E-state index in [0.717, 1.165) is 49.1 Å². The van der Waals surface area contributed by atoms with Gasteiger partial charge in [0.25, 0.3) is 0 Å². The van der Waals surface area contributed by atoms with Gasteiger partial charge in [0.05, 0.1) is 12.7 Å². The Balaban J connectivity index is 1.85. The van der Waals surface area contributed by atoms with E-state index in [1.165, 1.54) is 0 Å². The van der Waals surface area contributed by atoms with Gasteiger partial charge in [-0.3, -0.25) is 0 Å². The molecule has 1 aliphatic rings. The van der Waals surface area contributed by atoms with Gasteiger partial charge in [0.1, 0.15) is 0 Å². The molecule has 1 fully saturated rings. The zero-order valence-corrected chi connectivity index (χ0v) is 13.1. The number of nitrogens with one attached hydrogen (secondary N) is 1. The highest BCUT2D eigenvalue weighted by Crippen LogP contribution is 2.30. The van der Waals surface area contributed by atoms with E-state index in [9.17, 15) is 0 Å². The Kier molecular flexibility index (Phi) is 4.45. The van der Waals surface area contributed by atoms with Gasteiger partial charge in [-0.2, -0.15) is 0 Å². The monoisotopic (exact) mass is 302 g/mol. The van der Waals surface area contributed by atoms with E-state index in [0.29, 0.717) is 5.88 Å². The molecule has 0 aliphatic carbocycles. The molecule has 3 rings (SSSR count). The highest BCUT2D eigenvalue weighted by molar-refractivity contribution is 5.96. The average Bonchev–Trinajstić information content (AvgIpc) is 2.60. The van der Waals surface area contributed by atoms with Gasteiger partial charge in [-0.15, -0.1) is 0 Å². The molecule has 0 unspecified atom stereocenters. The Morgan fingerprint density at radius 1 is 1.18 bits per heavy atom. The molecule has 5 nitrogen and oxygen atoms in total. The van der Waals surface area contributed by atoms with Crippen molar-refractivity contribution in [2.75, 3.05) is 39.3 Å². The van der Waals surface area contributed by atoms with Crippen molar-refractivity contribution in [2.24, 2.45) is 0 Å². The maximum atomic E-state index is 5.78. The minimum absolute atomic E-state index is 0.155. The van der Waals surface area contributed by atoms with Crippen molar-refractivity contribution in [1.82, 2.24) is 4.98 Å². The van der Waals surface area contributed by atoms with E-state index in [1.54, 1.807) is 20.4 Å². The Bertz CT molecular complexity index is 639. The largest absolute Gasteiger partial charge is 0.481 e. The molecule has 0 bridgehead atoms. The highest BCUT2D eigenvalue weighted by Gasteiger charge is 2.32. The molecule has 118 valence electrons. The van der Waals surface area contributed by atoms with Gasteiger partial charge >= 0.3 is 0 Å². The van der Waals surface area contributed by atoms with Crippen molar-refractivity contribution in [3.8, 4) is 5.88 Å². The number of nitrogens with zero attached hydrogens (tertiary/aromatic N) is 1. The second-order valence-corrected chi connectivity index (χ2v) is 5.57. The number of ether oxygens (including phenoxy) is 3. The number of pyridine rings is 1. The number of hydrogen-bond acceptors (Lipinski definition) is 5. The van der Waals surface area contributed by atoms with Crippen LogP contribution in [0, 0.1) is 0 Å². The van der Waals surface area contributed by atoms with Gasteiger partial charge in [-0.25, -0.2) is 4.98 Å². The molecule has 0 spiro atoms. The van der Waals surface area contributed by atoms with Crippen LogP contribution in [0.3, 0.4) is 0 Å². The fourth-order valence-electron chi connectivity index (χ4n) is 2.95.